The van der Waals surface area contributed by atoms with E-state index in [4.69, 9.17) is 21.1 Å². The van der Waals surface area contributed by atoms with E-state index in [9.17, 15) is 9.59 Å². The minimum atomic E-state index is -0.756. The van der Waals surface area contributed by atoms with Crippen LogP contribution in [0.4, 0.5) is 0 Å². The summed E-state index contributed by atoms with van der Waals surface area (Å²) in [7, 11) is 1.58. The number of carbonyl (C=O) groups is 2. The molecule has 0 aromatic heterocycles. The van der Waals surface area contributed by atoms with Gasteiger partial charge in [-0.15, -0.1) is 0 Å². The van der Waals surface area contributed by atoms with Crippen LogP contribution in [-0.4, -0.2) is 47.4 Å². The molecule has 1 heterocycles. The Balaban J connectivity index is 1.71. The molecule has 1 saturated carbocycles. The maximum Gasteiger partial charge on any atom is 0.250 e. The number of rotatable bonds is 7. The molecular formula is C28H35ClN2O4. The molecule has 2 aromatic rings. The normalized spacial score (nSPS) is 23.1. The molecule has 2 amide bonds. The van der Waals surface area contributed by atoms with E-state index in [1.165, 1.54) is 0 Å². The second-order valence-electron chi connectivity index (χ2n) is 9.97. The molecule has 0 radical (unpaired) electrons. The molecule has 0 unspecified atom stereocenters. The maximum absolute atomic E-state index is 14.0. The van der Waals surface area contributed by atoms with Crippen molar-refractivity contribution in [3.05, 3.63) is 58.6 Å². The molecule has 35 heavy (non-hydrogen) atoms. The Labute approximate surface area is 213 Å². The number of piperazine rings is 1. The summed E-state index contributed by atoms with van der Waals surface area (Å²) >= 11 is 6.43. The zero-order chi connectivity index (χ0) is 25.1. The number of carbonyl (C=O) groups excluding carboxylic acids is 2. The molecule has 2 aliphatic rings. The Morgan fingerprint density at radius 1 is 1.03 bits per heavy atom. The lowest BCUT2D eigenvalue weighted by atomic mass is 9.85. The number of halogens is 1. The van der Waals surface area contributed by atoms with Crippen molar-refractivity contribution in [3.8, 4) is 11.5 Å². The molecule has 1 aliphatic heterocycles. The van der Waals surface area contributed by atoms with Crippen LogP contribution < -0.4 is 9.47 Å². The van der Waals surface area contributed by atoms with Gasteiger partial charge in [-0.25, -0.2) is 0 Å². The van der Waals surface area contributed by atoms with Gasteiger partial charge in [-0.2, -0.15) is 0 Å². The fourth-order valence-corrected chi connectivity index (χ4v) is 5.33. The monoisotopic (exact) mass is 498 g/mol. The van der Waals surface area contributed by atoms with Gasteiger partial charge in [-0.3, -0.25) is 9.59 Å². The van der Waals surface area contributed by atoms with Crippen molar-refractivity contribution >= 4 is 23.4 Å². The number of methoxy groups -OCH3 is 1. The van der Waals surface area contributed by atoms with Gasteiger partial charge in [0.15, 0.2) is 11.5 Å². The number of hydrogen-bond donors (Lipinski definition) is 0. The van der Waals surface area contributed by atoms with E-state index in [-0.39, 0.29) is 37.0 Å². The van der Waals surface area contributed by atoms with Gasteiger partial charge in [0.25, 0.3) is 5.91 Å². The Hall–Kier alpha value is -2.73. The van der Waals surface area contributed by atoms with Crippen LogP contribution in [0.25, 0.3) is 0 Å². The van der Waals surface area contributed by atoms with Crippen LogP contribution in [0.2, 0.25) is 5.02 Å². The SMILES string of the molecule is COc1cc([C@@H]2C(=O)N(C3CCC(C)CC3)CC(=O)N2Cc2ccccc2Cl)ccc1OC(C)C. The standard InChI is InChI=1S/C28H35ClN2O4/c1-18(2)35-24-14-11-20(15-25(24)34-4)27-28(33)30(22-12-9-19(3)10-13-22)17-26(32)31(27)16-21-7-5-6-8-23(21)29/h5-8,11,14-15,18-19,22,27H,9-10,12-13,16-17H2,1-4H3/t19?,22?,27-/m1/s1. The number of nitrogens with zero attached hydrogens (tertiary/aromatic N) is 2. The maximum atomic E-state index is 14.0. The third-order valence-corrected chi connectivity index (χ3v) is 7.41. The molecule has 1 saturated heterocycles. The van der Waals surface area contributed by atoms with Crippen molar-refractivity contribution in [2.24, 2.45) is 5.92 Å². The Morgan fingerprint density at radius 2 is 1.74 bits per heavy atom. The number of amides is 2. The highest BCUT2D eigenvalue weighted by Gasteiger charge is 2.43. The fourth-order valence-electron chi connectivity index (χ4n) is 5.13. The lowest BCUT2D eigenvalue weighted by molar-refractivity contribution is -0.160. The third-order valence-electron chi connectivity index (χ3n) is 7.05. The van der Waals surface area contributed by atoms with Crippen molar-refractivity contribution in [1.29, 1.82) is 0 Å². The van der Waals surface area contributed by atoms with E-state index in [0.29, 0.717) is 28.0 Å². The van der Waals surface area contributed by atoms with E-state index in [0.717, 1.165) is 31.2 Å². The van der Waals surface area contributed by atoms with Crippen molar-refractivity contribution in [1.82, 2.24) is 9.80 Å². The van der Waals surface area contributed by atoms with Gasteiger partial charge < -0.3 is 19.3 Å². The Morgan fingerprint density at radius 3 is 2.40 bits per heavy atom. The number of hydrogen-bond acceptors (Lipinski definition) is 4. The number of ether oxygens (including phenoxy) is 2. The lowest BCUT2D eigenvalue weighted by Gasteiger charge is -2.45. The molecule has 2 fully saturated rings. The highest BCUT2D eigenvalue weighted by molar-refractivity contribution is 6.31. The highest BCUT2D eigenvalue weighted by Crippen LogP contribution is 2.38. The largest absolute Gasteiger partial charge is 0.493 e. The number of benzene rings is 2. The van der Waals surface area contributed by atoms with Crippen LogP contribution in [0.5, 0.6) is 11.5 Å². The first-order valence-electron chi connectivity index (χ1n) is 12.5. The van der Waals surface area contributed by atoms with Crippen molar-refractivity contribution in [3.63, 3.8) is 0 Å². The molecule has 1 aliphatic carbocycles. The molecule has 6 nitrogen and oxygen atoms in total. The summed E-state index contributed by atoms with van der Waals surface area (Å²) < 4.78 is 11.5. The zero-order valence-electron chi connectivity index (χ0n) is 21.0. The second-order valence-corrected chi connectivity index (χ2v) is 10.4. The van der Waals surface area contributed by atoms with E-state index in [1.54, 1.807) is 18.1 Å². The molecule has 0 N–H and O–H groups in total. The van der Waals surface area contributed by atoms with E-state index in [2.05, 4.69) is 6.92 Å². The van der Waals surface area contributed by atoms with E-state index < -0.39 is 6.04 Å². The Kier molecular flexibility index (Phi) is 7.90. The first-order valence-corrected chi connectivity index (χ1v) is 12.8. The van der Waals surface area contributed by atoms with Crippen molar-refractivity contribution < 1.29 is 19.1 Å². The molecule has 4 rings (SSSR count). The third kappa shape index (κ3) is 5.58. The zero-order valence-corrected chi connectivity index (χ0v) is 21.8. The van der Waals surface area contributed by atoms with Crippen LogP contribution in [-0.2, 0) is 16.1 Å². The average Bonchev–Trinajstić information content (AvgIpc) is 2.83. The summed E-state index contributed by atoms with van der Waals surface area (Å²) in [4.78, 5) is 31.1. The summed E-state index contributed by atoms with van der Waals surface area (Å²) in [6.07, 6.45) is 4.00. The molecular weight excluding hydrogens is 464 g/mol. The summed E-state index contributed by atoms with van der Waals surface area (Å²) in [5.74, 6) is 1.69. The van der Waals surface area contributed by atoms with E-state index >= 15 is 0 Å². The summed E-state index contributed by atoms with van der Waals surface area (Å²) in [6.45, 7) is 6.51. The van der Waals surface area contributed by atoms with Crippen molar-refractivity contribution in [2.75, 3.05) is 13.7 Å². The summed E-state index contributed by atoms with van der Waals surface area (Å²) in [5, 5.41) is 0.577. The van der Waals surface area contributed by atoms with Gasteiger partial charge in [0.2, 0.25) is 5.91 Å². The molecule has 188 valence electrons. The van der Waals surface area contributed by atoms with Gasteiger partial charge in [0.1, 0.15) is 12.6 Å². The molecule has 0 spiro atoms. The van der Waals surface area contributed by atoms with Gasteiger partial charge >= 0.3 is 0 Å². The van der Waals surface area contributed by atoms with Crippen LogP contribution in [0, 0.1) is 5.92 Å². The topological polar surface area (TPSA) is 59.1 Å². The van der Waals surface area contributed by atoms with Gasteiger partial charge in [-0.1, -0.05) is 42.8 Å². The minimum Gasteiger partial charge on any atom is -0.493 e. The van der Waals surface area contributed by atoms with Crippen LogP contribution in [0.1, 0.15) is 63.6 Å². The Bertz CT molecular complexity index is 1060. The lowest BCUT2D eigenvalue weighted by Crippen LogP contribution is -2.58. The van der Waals surface area contributed by atoms with E-state index in [1.807, 2.05) is 55.1 Å². The van der Waals surface area contributed by atoms with Crippen molar-refractivity contribution in [2.45, 2.75) is 71.2 Å². The summed E-state index contributed by atoms with van der Waals surface area (Å²) in [6, 6.07) is 12.3. The predicted molar refractivity (Wildman–Crippen MR) is 137 cm³/mol. The minimum absolute atomic E-state index is 0.0199. The predicted octanol–water partition coefficient (Wildman–Crippen LogP) is 5.63. The molecule has 1 atom stereocenters. The first-order chi connectivity index (χ1) is 16.8. The second kappa shape index (κ2) is 10.9. The van der Waals surface area contributed by atoms with Crippen LogP contribution >= 0.6 is 11.6 Å². The fraction of sp³-hybridized carbons (Fsp3) is 0.500. The summed E-state index contributed by atoms with van der Waals surface area (Å²) in [5.41, 5.74) is 1.52. The molecule has 0 bridgehead atoms. The highest BCUT2D eigenvalue weighted by atomic mass is 35.5. The molecule has 7 heteroatoms. The van der Waals surface area contributed by atoms with Gasteiger partial charge in [-0.05, 0) is 74.8 Å². The van der Waals surface area contributed by atoms with Crippen LogP contribution in [0.15, 0.2) is 42.5 Å². The average molecular weight is 499 g/mol. The van der Waals surface area contributed by atoms with Crippen LogP contribution in [0.3, 0.4) is 0 Å². The quantitative estimate of drug-likeness (QED) is 0.496. The molecule has 2 aromatic carbocycles. The first kappa shape index (κ1) is 25.4. The van der Waals surface area contributed by atoms with Gasteiger partial charge in [0, 0.05) is 17.6 Å². The smallest absolute Gasteiger partial charge is 0.250 e. The van der Waals surface area contributed by atoms with Gasteiger partial charge in [0.05, 0.1) is 13.2 Å².